The van der Waals surface area contributed by atoms with Gasteiger partial charge in [-0.15, -0.1) is 0 Å². The predicted octanol–water partition coefficient (Wildman–Crippen LogP) is 4.34. The number of benzene rings is 2. The largest absolute Gasteiger partial charge is 0.313 e. The summed E-state index contributed by atoms with van der Waals surface area (Å²) in [5, 5.41) is 3.30. The van der Waals surface area contributed by atoms with Crippen LogP contribution in [-0.2, 0) is 6.42 Å². The zero-order valence-corrected chi connectivity index (χ0v) is 12.4. The van der Waals surface area contributed by atoms with E-state index < -0.39 is 0 Å². The molecule has 2 rings (SSSR count). The molecule has 0 amide bonds. The van der Waals surface area contributed by atoms with Gasteiger partial charge < -0.3 is 5.32 Å². The highest BCUT2D eigenvalue weighted by Gasteiger charge is 2.11. The minimum Gasteiger partial charge on any atom is -0.313 e. The zero-order valence-electron chi connectivity index (χ0n) is 12.4. The third kappa shape index (κ3) is 3.67. The monoisotopic (exact) mass is 271 g/mol. The van der Waals surface area contributed by atoms with Gasteiger partial charge in [-0.1, -0.05) is 30.3 Å². The molecule has 20 heavy (non-hydrogen) atoms. The van der Waals surface area contributed by atoms with Crippen LogP contribution in [0, 0.1) is 19.7 Å². The summed E-state index contributed by atoms with van der Waals surface area (Å²) in [5.41, 5.74) is 4.67. The van der Waals surface area contributed by atoms with Crippen molar-refractivity contribution in [2.75, 3.05) is 7.05 Å². The van der Waals surface area contributed by atoms with Gasteiger partial charge in [-0.05, 0) is 68.1 Å². The van der Waals surface area contributed by atoms with Crippen LogP contribution in [0.25, 0.3) is 0 Å². The van der Waals surface area contributed by atoms with Crippen LogP contribution < -0.4 is 5.32 Å². The minimum atomic E-state index is -0.156. The van der Waals surface area contributed by atoms with Gasteiger partial charge in [0.15, 0.2) is 0 Å². The summed E-state index contributed by atoms with van der Waals surface area (Å²) in [6.45, 7) is 4.07. The summed E-state index contributed by atoms with van der Waals surface area (Å²) in [4.78, 5) is 0. The Bertz CT molecular complexity index is 557. The molecular weight excluding hydrogens is 249 g/mol. The Morgan fingerprint density at radius 2 is 1.85 bits per heavy atom. The standard InChI is InChI=1S/C18H22FN/c1-13-10-16(12-17(19)11-13)18(20-3)9-8-15-7-5-4-6-14(15)2/h4-7,10-12,18,20H,8-9H2,1-3H3. The molecule has 0 radical (unpaired) electrons. The molecule has 2 aromatic rings. The maximum Gasteiger partial charge on any atom is 0.123 e. The molecule has 1 nitrogen and oxygen atoms in total. The maximum absolute atomic E-state index is 13.5. The van der Waals surface area contributed by atoms with E-state index in [4.69, 9.17) is 0 Å². The molecule has 1 unspecified atom stereocenters. The van der Waals surface area contributed by atoms with E-state index >= 15 is 0 Å². The van der Waals surface area contributed by atoms with Crippen molar-refractivity contribution in [3.8, 4) is 0 Å². The lowest BCUT2D eigenvalue weighted by atomic mass is 9.96. The first-order valence-electron chi connectivity index (χ1n) is 7.09. The van der Waals surface area contributed by atoms with Crippen molar-refractivity contribution in [3.05, 3.63) is 70.5 Å². The molecule has 1 atom stereocenters. The molecule has 2 heteroatoms. The second kappa shape index (κ2) is 6.67. The van der Waals surface area contributed by atoms with Crippen LogP contribution in [0.2, 0.25) is 0 Å². The predicted molar refractivity (Wildman–Crippen MR) is 82.4 cm³/mol. The van der Waals surface area contributed by atoms with Crippen molar-refractivity contribution < 1.29 is 4.39 Å². The molecule has 0 aliphatic rings. The molecule has 0 aliphatic heterocycles. The number of hydrogen-bond acceptors (Lipinski definition) is 1. The van der Waals surface area contributed by atoms with Crippen LogP contribution in [0.15, 0.2) is 42.5 Å². The number of nitrogens with one attached hydrogen (secondary N) is 1. The van der Waals surface area contributed by atoms with Crippen molar-refractivity contribution in [3.63, 3.8) is 0 Å². The Kier molecular flexibility index (Phi) is 4.91. The quantitative estimate of drug-likeness (QED) is 0.853. The van der Waals surface area contributed by atoms with Gasteiger partial charge in [0.1, 0.15) is 5.82 Å². The van der Waals surface area contributed by atoms with Gasteiger partial charge >= 0.3 is 0 Å². The van der Waals surface area contributed by atoms with E-state index in [-0.39, 0.29) is 11.9 Å². The van der Waals surface area contributed by atoms with Crippen molar-refractivity contribution in [2.24, 2.45) is 0 Å². The molecule has 1 N–H and O–H groups in total. The number of rotatable bonds is 5. The first-order valence-corrected chi connectivity index (χ1v) is 7.09. The lowest BCUT2D eigenvalue weighted by molar-refractivity contribution is 0.541. The summed E-state index contributed by atoms with van der Waals surface area (Å²) >= 11 is 0. The van der Waals surface area contributed by atoms with Gasteiger partial charge in [0.2, 0.25) is 0 Å². The molecule has 2 aromatic carbocycles. The maximum atomic E-state index is 13.5. The molecule has 0 aromatic heterocycles. The number of halogens is 1. The molecule has 0 fully saturated rings. The van der Waals surface area contributed by atoms with Crippen molar-refractivity contribution in [2.45, 2.75) is 32.7 Å². The van der Waals surface area contributed by atoms with Crippen LogP contribution in [0.4, 0.5) is 4.39 Å². The van der Waals surface area contributed by atoms with Gasteiger partial charge in [-0.2, -0.15) is 0 Å². The van der Waals surface area contributed by atoms with E-state index in [1.807, 2.05) is 14.0 Å². The number of aryl methyl sites for hydroxylation is 3. The van der Waals surface area contributed by atoms with E-state index in [2.05, 4.69) is 42.6 Å². The summed E-state index contributed by atoms with van der Waals surface area (Å²) < 4.78 is 13.5. The SMILES string of the molecule is CNC(CCc1ccccc1C)c1cc(C)cc(F)c1. The van der Waals surface area contributed by atoms with Gasteiger partial charge in [0, 0.05) is 6.04 Å². The Morgan fingerprint density at radius 3 is 2.50 bits per heavy atom. The summed E-state index contributed by atoms with van der Waals surface area (Å²) in [6.07, 6.45) is 1.96. The van der Waals surface area contributed by atoms with Crippen molar-refractivity contribution in [1.29, 1.82) is 0 Å². The Morgan fingerprint density at radius 1 is 1.10 bits per heavy atom. The lowest BCUT2D eigenvalue weighted by Crippen LogP contribution is -2.17. The molecule has 0 aliphatic carbocycles. The molecule has 0 saturated carbocycles. The highest BCUT2D eigenvalue weighted by Crippen LogP contribution is 2.22. The molecule has 0 spiro atoms. The van der Waals surface area contributed by atoms with E-state index in [1.54, 1.807) is 12.1 Å². The Labute approximate surface area is 120 Å². The average Bonchev–Trinajstić information content (AvgIpc) is 2.40. The van der Waals surface area contributed by atoms with E-state index in [1.165, 1.54) is 11.1 Å². The normalized spacial score (nSPS) is 12.4. The van der Waals surface area contributed by atoms with E-state index in [0.717, 1.165) is 24.0 Å². The summed E-state index contributed by atoms with van der Waals surface area (Å²) in [6, 6.07) is 13.9. The van der Waals surface area contributed by atoms with Crippen LogP contribution in [0.5, 0.6) is 0 Å². The second-order valence-corrected chi connectivity index (χ2v) is 5.37. The lowest BCUT2D eigenvalue weighted by Gasteiger charge is -2.18. The third-order valence-electron chi connectivity index (χ3n) is 3.78. The van der Waals surface area contributed by atoms with Crippen LogP contribution >= 0.6 is 0 Å². The van der Waals surface area contributed by atoms with E-state index in [0.29, 0.717) is 0 Å². The van der Waals surface area contributed by atoms with Crippen molar-refractivity contribution in [1.82, 2.24) is 5.32 Å². The average molecular weight is 271 g/mol. The topological polar surface area (TPSA) is 12.0 Å². The smallest absolute Gasteiger partial charge is 0.123 e. The molecule has 106 valence electrons. The van der Waals surface area contributed by atoms with Crippen LogP contribution in [0.3, 0.4) is 0 Å². The summed E-state index contributed by atoms with van der Waals surface area (Å²) in [7, 11) is 1.93. The highest BCUT2D eigenvalue weighted by atomic mass is 19.1. The molecule has 0 saturated heterocycles. The van der Waals surface area contributed by atoms with Gasteiger partial charge in [-0.25, -0.2) is 4.39 Å². The minimum absolute atomic E-state index is 0.156. The fourth-order valence-electron chi connectivity index (χ4n) is 2.63. The first-order chi connectivity index (χ1) is 9.60. The molecule has 0 bridgehead atoms. The van der Waals surface area contributed by atoms with Gasteiger partial charge in [-0.3, -0.25) is 0 Å². The molecular formula is C18H22FN. The van der Waals surface area contributed by atoms with Gasteiger partial charge in [0.05, 0.1) is 0 Å². The van der Waals surface area contributed by atoms with Gasteiger partial charge in [0.25, 0.3) is 0 Å². The first kappa shape index (κ1) is 14.7. The highest BCUT2D eigenvalue weighted by molar-refractivity contribution is 5.28. The Hall–Kier alpha value is -1.67. The number of hydrogen-bond donors (Lipinski definition) is 1. The third-order valence-corrected chi connectivity index (χ3v) is 3.78. The fraction of sp³-hybridized carbons (Fsp3) is 0.333. The molecule has 0 heterocycles. The fourth-order valence-corrected chi connectivity index (χ4v) is 2.63. The second-order valence-electron chi connectivity index (χ2n) is 5.37. The van der Waals surface area contributed by atoms with Crippen molar-refractivity contribution >= 4 is 0 Å². The van der Waals surface area contributed by atoms with E-state index in [9.17, 15) is 4.39 Å². The van der Waals surface area contributed by atoms with Crippen LogP contribution in [0.1, 0.15) is 34.7 Å². The van der Waals surface area contributed by atoms with Crippen LogP contribution in [-0.4, -0.2) is 7.05 Å². The summed E-state index contributed by atoms with van der Waals surface area (Å²) in [5.74, 6) is -0.156. The zero-order chi connectivity index (χ0) is 14.5. The Balaban J connectivity index is 2.11.